The van der Waals surface area contributed by atoms with Crippen LogP contribution in [0, 0.1) is 0 Å². The minimum Gasteiger partial charge on any atom is -0.520 e. The number of ether oxygens (including phenoxy) is 2. The minimum absolute atomic E-state index is 0.248. The number of carbonyl (C=O) groups excluding carboxylic acids is 1. The Morgan fingerprint density at radius 3 is 2.07 bits per heavy atom. The molecule has 0 atom stereocenters. The molecule has 0 rings (SSSR count). The molecule has 0 aromatic rings. The second-order valence-electron chi connectivity index (χ2n) is 2.97. The predicted molar refractivity (Wildman–Crippen MR) is 56.6 cm³/mol. The Hall–Kier alpha value is -0.393. The van der Waals surface area contributed by atoms with Gasteiger partial charge in [-0.15, -0.1) is 0 Å². The third kappa shape index (κ3) is 8.22. The molecule has 0 saturated heterocycles. The van der Waals surface area contributed by atoms with E-state index in [-0.39, 0.29) is 11.9 Å². The SMILES string of the molecule is CCCOC(OCCC)[SiH2]OC(C)=O. The molecule has 0 amide bonds. The van der Waals surface area contributed by atoms with Crippen LogP contribution in [-0.4, -0.2) is 34.9 Å². The van der Waals surface area contributed by atoms with Crippen LogP contribution in [-0.2, 0) is 18.7 Å². The molecule has 0 N–H and O–H groups in total. The molecule has 5 heteroatoms. The predicted octanol–water partition coefficient (Wildman–Crippen LogP) is 0.770. The lowest BCUT2D eigenvalue weighted by molar-refractivity contribution is -0.135. The molecule has 0 unspecified atom stereocenters. The molecule has 4 nitrogen and oxygen atoms in total. The van der Waals surface area contributed by atoms with Gasteiger partial charge in [-0.3, -0.25) is 4.79 Å². The quantitative estimate of drug-likeness (QED) is 0.448. The molecule has 0 radical (unpaired) electrons. The van der Waals surface area contributed by atoms with E-state index >= 15 is 0 Å². The zero-order valence-corrected chi connectivity index (χ0v) is 10.7. The lowest BCUT2D eigenvalue weighted by atomic mass is 10.5. The fourth-order valence-corrected chi connectivity index (χ4v) is 1.72. The van der Waals surface area contributed by atoms with Crippen LogP contribution >= 0.6 is 0 Å². The van der Waals surface area contributed by atoms with Crippen LogP contribution in [0.1, 0.15) is 33.6 Å². The third-order valence-electron chi connectivity index (χ3n) is 1.44. The summed E-state index contributed by atoms with van der Waals surface area (Å²) < 4.78 is 15.8. The smallest absolute Gasteiger partial charge is 0.289 e. The molecular formula is C9H20O4Si. The van der Waals surface area contributed by atoms with Gasteiger partial charge in [0, 0.05) is 20.1 Å². The van der Waals surface area contributed by atoms with E-state index in [1.165, 1.54) is 6.92 Å². The second kappa shape index (κ2) is 9.17. The van der Waals surface area contributed by atoms with E-state index in [0.29, 0.717) is 13.2 Å². The van der Waals surface area contributed by atoms with Gasteiger partial charge < -0.3 is 13.9 Å². The Labute approximate surface area is 87.9 Å². The monoisotopic (exact) mass is 220 g/mol. The molecule has 0 aliphatic heterocycles. The van der Waals surface area contributed by atoms with Gasteiger partial charge >= 0.3 is 0 Å². The van der Waals surface area contributed by atoms with E-state index in [2.05, 4.69) is 0 Å². The molecule has 84 valence electrons. The zero-order valence-electron chi connectivity index (χ0n) is 9.25. The molecule has 0 aliphatic carbocycles. The molecule has 0 saturated carbocycles. The highest BCUT2D eigenvalue weighted by Gasteiger charge is 2.11. The maximum atomic E-state index is 10.6. The molecule has 0 heterocycles. The van der Waals surface area contributed by atoms with Crippen molar-refractivity contribution in [1.29, 1.82) is 0 Å². The third-order valence-corrected chi connectivity index (χ3v) is 2.76. The van der Waals surface area contributed by atoms with Gasteiger partial charge in [-0.2, -0.15) is 0 Å². The molecule has 0 fully saturated rings. The van der Waals surface area contributed by atoms with Crippen molar-refractivity contribution in [2.75, 3.05) is 13.2 Å². The van der Waals surface area contributed by atoms with Crippen molar-refractivity contribution in [2.45, 2.75) is 39.5 Å². The fraction of sp³-hybridized carbons (Fsp3) is 0.889. The van der Waals surface area contributed by atoms with Crippen LogP contribution in [0.2, 0.25) is 0 Å². The fourth-order valence-electron chi connectivity index (χ4n) is 0.828. The van der Waals surface area contributed by atoms with E-state index in [1.807, 2.05) is 13.8 Å². The highest BCUT2D eigenvalue weighted by atomic mass is 28.2. The topological polar surface area (TPSA) is 44.8 Å². The Bertz CT molecular complexity index is 144. The first-order chi connectivity index (χ1) is 6.70. The van der Waals surface area contributed by atoms with Crippen LogP contribution in [0.25, 0.3) is 0 Å². The standard InChI is InChI=1S/C9H20O4Si/c1-4-6-11-9(12-7-5-2)14-13-8(3)10/h9H,4-7,14H2,1-3H3. The largest absolute Gasteiger partial charge is 0.520 e. The van der Waals surface area contributed by atoms with Crippen LogP contribution in [0.3, 0.4) is 0 Å². The highest BCUT2D eigenvalue weighted by Crippen LogP contribution is 1.97. The zero-order chi connectivity index (χ0) is 10.8. The molecule has 0 spiro atoms. The summed E-state index contributed by atoms with van der Waals surface area (Å²) in [5.74, 6) is -0.527. The number of rotatable bonds is 8. The lowest BCUT2D eigenvalue weighted by Gasteiger charge is -2.16. The number of hydrogen-bond donors (Lipinski definition) is 0. The molecular weight excluding hydrogens is 200 g/mol. The van der Waals surface area contributed by atoms with Gasteiger partial charge in [0.1, 0.15) is 0 Å². The maximum Gasteiger partial charge on any atom is 0.289 e. The summed E-state index contributed by atoms with van der Waals surface area (Å²) in [5.41, 5.74) is 0. The van der Waals surface area contributed by atoms with Crippen LogP contribution in [0.4, 0.5) is 0 Å². The van der Waals surface area contributed by atoms with Crippen molar-refractivity contribution in [3.05, 3.63) is 0 Å². The molecule has 0 aromatic carbocycles. The van der Waals surface area contributed by atoms with E-state index in [9.17, 15) is 4.79 Å². The van der Waals surface area contributed by atoms with Gasteiger partial charge in [-0.1, -0.05) is 13.8 Å². The van der Waals surface area contributed by atoms with Gasteiger partial charge in [0.15, 0.2) is 5.91 Å². The average molecular weight is 220 g/mol. The van der Waals surface area contributed by atoms with Crippen LogP contribution in [0.15, 0.2) is 0 Å². The Morgan fingerprint density at radius 1 is 1.21 bits per heavy atom. The van der Waals surface area contributed by atoms with E-state index < -0.39 is 9.76 Å². The first kappa shape index (κ1) is 13.6. The van der Waals surface area contributed by atoms with Crippen molar-refractivity contribution in [3.8, 4) is 0 Å². The van der Waals surface area contributed by atoms with E-state index in [4.69, 9.17) is 13.9 Å². The molecule has 0 bridgehead atoms. The van der Waals surface area contributed by atoms with Gasteiger partial charge in [0.2, 0.25) is 0 Å². The summed E-state index contributed by atoms with van der Waals surface area (Å²) in [7, 11) is -1.06. The van der Waals surface area contributed by atoms with Crippen LogP contribution in [0.5, 0.6) is 0 Å². The summed E-state index contributed by atoms with van der Waals surface area (Å²) >= 11 is 0. The van der Waals surface area contributed by atoms with Gasteiger partial charge in [-0.25, -0.2) is 0 Å². The highest BCUT2D eigenvalue weighted by molar-refractivity contribution is 6.31. The Kier molecular flexibility index (Phi) is 8.92. The Balaban J connectivity index is 3.65. The summed E-state index contributed by atoms with van der Waals surface area (Å²) in [6.07, 6.45) is 1.89. The van der Waals surface area contributed by atoms with Gasteiger partial charge in [0.05, 0.1) is 0 Å². The van der Waals surface area contributed by atoms with Crippen molar-refractivity contribution in [1.82, 2.24) is 0 Å². The van der Waals surface area contributed by atoms with Gasteiger partial charge in [0.25, 0.3) is 15.7 Å². The van der Waals surface area contributed by atoms with Crippen molar-refractivity contribution < 1.29 is 18.7 Å². The normalized spacial score (nSPS) is 11.4. The minimum atomic E-state index is -1.06. The summed E-state index contributed by atoms with van der Waals surface area (Å²) in [6.45, 7) is 6.78. The van der Waals surface area contributed by atoms with Crippen molar-refractivity contribution in [2.24, 2.45) is 0 Å². The lowest BCUT2D eigenvalue weighted by Crippen LogP contribution is -2.28. The molecule has 0 aromatic heterocycles. The number of carbonyl (C=O) groups is 1. The summed E-state index contributed by atoms with van der Waals surface area (Å²) in [4.78, 5) is 10.6. The second-order valence-corrected chi connectivity index (χ2v) is 4.26. The van der Waals surface area contributed by atoms with E-state index in [0.717, 1.165) is 12.8 Å². The first-order valence-corrected chi connectivity index (χ1v) is 6.46. The van der Waals surface area contributed by atoms with Crippen LogP contribution < -0.4 is 0 Å². The molecule has 14 heavy (non-hydrogen) atoms. The summed E-state index contributed by atoms with van der Waals surface area (Å²) in [5, 5.41) is 0. The maximum absolute atomic E-state index is 10.6. The van der Waals surface area contributed by atoms with Gasteiger partial charge in [-0.05, 0) is 12.8 Å². The summed E-state index contributed by atoms with van der Waals surface area (Å²) in [6, 6.07) is 0. The molecule has 0 aliphatic rings. The van der Waals surface area contributed by atoms with Crippen molar-refractivity contribution in [3.63, 3.8) is 0 Å². The van der Waals surface area contributed by atoms with Crippen molar-refractivity contribution >= 4 is 15.7 Å². The van der Waals surface area contributed by atoms with E-state index in [1.54, 1.807) is 0 Å². The number of hydrogen-bond acceptors (Lipinski definition) is 4. The Morgan fingerprint density at radius 2 is 1.71 bits per heavy atom. The first-order valence-electron chi connectivity index (χ1n) is 5.07. The average Bonchev–Trinajstić information content (AvgIpc) is 2.16.